The molecule has 0 saturated heterocycles. The van der Waals surface area contributed by atoms with Crippen LogP contribution in [0.2, 0.25) is 0 Å². The maximum atomic E-state index is 12.9. The summed E-state index contributed by atoms with van der Waals surface area (Å²) in [5, 5.41) is 17.4. The van der Waals surface area contributed by atoms with Gasteiger partial charge in [-0.25, -0.2) is 18.7 Å². The largest absolute Gasteiger partial charge is 0.387 e. The molecule has 0 fully saturated rings. The predicted molar refractivity (Wildman–Crippen MR) is 41.1 cm³/mol. The number of aliphatic hydroxyl groups is 1. The van der Waals surface area contributed by atoms with E-state index in [-0.39, 0.29) is 6.54 Å². The van der Waals surface area contributed by atoms with Gasteiger partial charge in [0.1, 0.15) is 5.82 Å². The van der Waals surface area contributed by atoms with Gasteiger partial charge in [-0.3, -0.25) is 0 Å². The summed E-state index contributed by atoms with van der Waals surface area (Å²) in [5.41, 5.74) is 1.18. The molecule has 0 aliphatic carbocycles. The number of rotatable bonds is 3. The van der Waals surface area contributed by atoms with Crippen molar-refractivity contribution in [3.05, 3.63) is 35.1 Å². The van der Waals surface area contributed by atoms with E-state index in [0.717, 1.165) is 0 Å². The van der Waals surface area contributed by atoms with Gasteiger partial charge < -0.3 is 10.3 Å². The lowest BCUT2D eigenvalue weighted by atomic mass is 10.1. The van der Waals surface area contributed by atoms with Crippen molar-refractivity contribution in [1.82, 2.24) is 5.48 Å². The Labute approximate surface area is 77.8 Å². The van der Waals surface area contributed by atoms with Gasteiger partial charge in [0.25, 0.3) is 0 Å². The fourth-order valence-corrected chi connectivity index (χ4v) is 0.990. The second kappa shape index (κ2) is 4.41. The first-order chi connectivity index (χ1) is 6.56. The van der Waals surface area contributed by atoms with Crippen LogP contribution in [0.4, 0.5) is 13.2 Å². The topological polar surface area (TPSA) is 52.5 Å². The highest BCUT2D eigenvalue weighted by molar-refractivity contribution is 5.22. The first kappa shape index (κ1) is 11.0. The average molecular weight is 207 g/mol. The van der Waals surface area contributed by atoms with Crippen LogP contribution in [0, 0.1) is 17.5 Å². The summed E-state index contributed by atoms with van der Waals surface area (Å²) >= 11 is 0. The Kier molecular flexibility index (Phi) is 3.45. The zero-order valence-corrected chi connectivity index (χ0v) is 6.97. The van der Waals surface area contributed by atoms with Gasteiger partial charge in [0.15, 0.2) is 11.6 Å². The first-order valence-electron chi connectivity index (χ1n) is 3.75. The molecule has 6 heteroatoms. The normalized spacial score (nSPS) is 12.9. The fraction of sp³-hybridized carbons (Fsp3) is 0.250. The van der Waals surface area contributed by atoms with Gasteiger partial charge in [-0.2, -0.15) is 0 Å². The highest BCUT2D eigenvalue weighted by Gasteiger charge is 2.16. The Balaban J connectivity index is 3.02. The lowest BCUT2D eigenvalue weighted by molar-refractivity contribution is 0.0898. The molecule has 0 bridgehead atoms. The van der Waals surface area contributed by atoms with Crippen LogP contribution < -0.4 is 5.48 Å². The second-order valence-corrected chi connectivity index (χ2v) is 2.67. The van der Waals surface area contributed by atoms with Gasteiger partial charge in [-0.15, -0.1) is 0 Å². The highest BCUT2D eigenvalue weighted by Crippen LogP contribution is 2.19. The Morgan fingerprint density at radius 2 is 1.71 bits per heavy atom. The Hall–Kier alpha value is -1.11. The first-order valence-corrected chi connectivity index (χ1v) is 3.75. The van der Waals surface area contributed by atoms with Crippen LogP contribution in [0.3, 0.4) is 0 Å². The summed E-state index contributed by atoms with van der Waals surface area (Å²) in [6, 6.07) is 0.887. The smallest absolute Gasteiger partial charge is 0.161 e. The summed E-state index contributed by atoms with van der Waals surface area (Å²) in [7, 11) is 0. The molecular formula is C8H8F3NO2. The maximum Gasteiger partial charge on any atom is 0.161 e. The molecular weight excluding hydrogens is 199 g/mol. The standard InChI is InChI=1S/C8H8F3NO2/c9-5-2-7(11)6(10)1-4(5)8(13)3-12-14/h1-2,8,12-14H,3H2. The maximum absolute atomic E-state index is 12.9. The summed E-state index contributed by atoms with van der Waals surface area (Å²) in [5.74, 6) is -3.64. The summed E-state index contributed by atoms with van der Waals surface area (Å²) in [6.45, 7) is -0.373. The Morgan fingerprint density at radius 1 is 1.14 bits per heavy atom. The van der Waals surface area contributed by atoms with Gasteiger partial charge in [-0.05, 0) is 6.07 Å². The molecule has 1 aromatic rings. The second-order valence-electron chi connectivity index (χ2n) is 2.67. The van der Waals surface area contributed by atoms with E-state index in [0.29, 0.717) is 12.1 Å². The van der Waals surface area contributed by atoms with Gasteiger partial charge in [0.05, 0.1) is 12.6 Å². The molecule has 14 heavy (non-hydrogen) atoms. The summed E-state index contributed by atoms with van der Waals surface area (Å²) in [6.07, 6.45) is -1.44. The van der Waals surface area contributed by atoms with Gasteiger partial charge >= 0.3 is 0 Å². The molecule has 0 amide bonds. The fourth-order valence-electron chi connectivity index (χ4n) is 0.990. The van der Waals surface area contributed by atoms with E-state index in [1.54, 1.807) is 5.48 Å². The minimum absolute atomic E-state index is 0.339. The number of aliphatic hydroxyl groups excluding tert-OH is 1. The SMILES string of the molecule is ONCC(O)c1cc(F)c(F)cc1F. The molecule has 0 heterocycles. The molecule has 0 aromatic heterocycles. The molecule has 1 unspecified atom stereocenters. The van der Waals surface area contributed by atoms with Crippen molar-refractivity contribution in [3.8, 4) is 0 Å². The van der Waals surface area contributed by atoms with Crippen molar-refractivity contribution in [2.75, 3.05) is 6.54 Å². The van der Waals surface area contributed by atoms with Crippen molar-refractivity contribution in [1.29, 1.82) is 0 Å². The third-order valence-corrected chi connectivity index (χ3v) is 1.68. The van der Waals surface area contributed by atoms with E-state index < -0.39 is 29.1 Å². The quantitative estimate of drug-likeness (QED) is 0.514. The number of benzene rings is 1. The molecule has 78 valence electrons. The van der Waals surface area contributed by atoms with Crippen molar-refractivity contribution in [2.45, 2.75) is 6.10 Å². The van der Waals surface area contributed by atoms with E-state index in [9.17, 15) is 13.2 Å². The molecule has 0 spiro atoms. The third-order valence-electron chi connectivity index (χ3n) is 1.68. The van der Waals surface area contributed by atoms with Crippen LogP contribution in [-0.2, 0) is 0 Å². The molecule has 0 radical (unpaired) electrons. The molecule has 1 rings (SSSR count). The van der Waals surface area contributed by atoms with E-state index in [2.05, 4.69) is 0 Å². The van der Waals surface area contributed by atoms with Gasteiger partial charge in [0, 0.05) is 11.6 Å². The van der Waals surface area contributed by atoms with Crippen molar-refractivity contribution < 1.29 is 23.5 Å². The number of halogens is 3. The van der Waals surface area contributed by atoms with Crippen LogP contribution in [-0.4, -0.2) is 16.9 Å². The zero-order valence-electron chi connectivity index (χ0n) is 6.97. The summed E-state index contributed by atoms with van der Waals surface area (Å²) < 4.78 is 38.0. The Morgan fingerprint density at radius 3 is 2.29 bits per heavy atom. The average Bonchev–Trinajstić information content (AvgIpc) is 2.11. The molecule has 3 N–H and O–H groups in total. The van der Waals surface area contributed by atoms with E-state index >= 15 is 0 Å². The monoisotopic (exact) mass is 207 g/mol. The lowest BCUT2D eigenvalue weighted by Crippen LogP contribution is -2.18. The van der Waals surface area contributed by atoms with Crippen molar-refractivity contribution in [3.63, 3.8) is 0 Å². The molecule has 3 nitrogen and oxygen atoms in total. The van der Waals surface area contributed by atoms with Crippen LogP contribution in [0.15, 0.2) is 12.1 Å². The highest BCUT2D eigenvalue weighted by atomic mass is 19.2. The zero-order chi connectivity index (χ0) is 10.7. The van der Waals surface area contributed by atoms with Crippen LogP contribution >= 0.6 is 0 Å². The van der Waals surface area contributed by atoms with E-state index in [1.165, 1.54) is 0 Å². The Bertz CT molecular complexity index is 333. The molecule has 1 atom stereocenters. The minimum atomic E-state index is -1.44. The number of nitrogens with one attached hydrogen (secondary N) is 1. The van der Waals surface area contributed by atoms with E-state index in [4.69, 9.17) is 10.3 Å². The van der Waals surface area contributed by atoms with Gasteiger partial charge in [-0.1, -0.05) is 0 Å². The number of hydrogen-bond donors (Lipinski definition) is 3. The molecule has 1 aromatic carbocycles. The predicted octanol–water partition coefficient (Wildman–Crippen LogP) is 1.12. The van der Waals surface area contributed by atoms with Crippen LogP contribution in [0.5, 0.6) is 0 Å². The molecule has 0 aliphatic heterocycles. The lowest BCUT2D eigenvalue weighted by Gasteiger charge is -2.10. The van der Waals surface area contributed by atoms with Crippen molar-refractivity contribution in [2.24, 2.45) is 0 Å². The third kappa shape index (κ3) is 2.22. The van der Waals surface area contributed by atoms with Gasteiger partial charge in [0.2, 0.25) is 0 Å². The van der Waals surface area contributed by atoms with E-state index in [1.807, 2.05) is 0 Å². The number of hydroxylamine groups is 1. The summed E-state index contributed by atoms with van der Waals surface area (Å²) in [4.78, 5) is 0. The molecule has 0 saturated carbocycles. The minimum Gasteiger partial charge on any atom is -0.387 e. The van der Waals surface area contributed by atoms with Crippen molar-refractivity contribution >= 4 is 0 Å². The molecule has 0 aliphatic rings. The van der Waals surface area contributed by atoms with Crippen LogP contribution in [0.25, 0.3) is 0 Å². The van der Waals surface area contributed by atoms with Crippen LogP contribution in [0.1, 0.15) is 11.7 Å². The number of hydrogen-bond acceptors (Lipinski definition) is 3.